The summed E-state index contributed by atoms with van der Waals surface area (Å²) < 4.78 is 41.1. The summed E-state index contributed by atoms with van der Waals surface area (Å²) in [6.45, 7) is 7.08. The van der Waals surface area contributed by atoms with E-state index in [0.717, 1.165) is 30.5 Å². The number of rotatable bonds is 2. The van der Waals surface area contributed by atoms with E-state index >= 15 is 0 Å². The van der Waals surface area contributed by atoms with Gasteiger partial charge in [0, 0.05) is 6.04 Å². The van der Waals surface area contributed by atoms with Gasteiger partial charge in [-0.1, -0.05) is 26.8 Å². The van der Waals surface area contributed by atoms with Crippen LogP contribution in [0, 0.1) is 0 Å². The molecule has 1 atom stereocenters. The van der Waals surface area contributed by atoms with E-state index in [4.69, 9.17) is 0 Å². The van der Waals surface area contributed by atoms with Gasteiger partial charge in [-0.05, 0) is 48.1 Å². The van der Waals surface area contributed by atoms with Crippen molar-refractivity contribution in [3.8, 4) is 5.75 Å². The first-order chi connectivity index (χ1) is 9.17. The van der Waals surface area contributed by atoms with E-state index in [0.29, 0.717) is 0 Å². The molecule has 0 amide bonds. The van der Waals surface area contributed by atoms with E-state index < -0.39 is 6.36 Å². The Balaban J connectivity index is 2.39. The van der Waals surface area contributed by atoms with Crippen molar-refractivity contribution in [1.29, 1.82) is 0 Å². The average molecular weight is 287 g/mol. The largest absolute Gasteiger partial charge is 0.573 e. The summed E-state index contributed by atoms with van der Waals surface area (Å²) >= 11 is 0. The molecular weight excluding hydrogens is 267 g/mol. The minimum absolute atomic E-state index is 0.112. The summed E-state index contributed by atoms with van der Waals surface area (Å²) in [5.41, 5.74) is 1.86. The molecule has 112 valence electrons. The molecule has 1 aromatic carbocycles. The first-order valence-electron chi connectivity index (χ1n) is 6.80. The molecule has 0 spiro atoms. The van der Waals surface area contributed by atoms with Crippen LogP contribution in [0.5, 0.6) is 5.75 Å². The van der Waals surface area contributed by atoms with Crippen LogP contribution in [0.15, 0.2) is 18.2 Å². The van der Waals surface area contributed by atoms with Crippen LogP contribution in [0.4, 0.5) is 13.2 Å². The molecule has 20 heavy (non-hydrogen) atoms. The van der Waals surface area contributed by atoms with Crippen molar-refractivity contribution >= 4 is 0 Å². The van der Waals surface area contributed by atoms with Crippen LogP contribution < -0.4 is 10.1 Å². The minimum Gasteiger partial charge on any atom is -0.406 e. The van der Waals surface area contributed by atoms with Crippen LogP contribution in [0.3, 0.4) is 0 Å². The van der Waals surface area contributed by atoms with E-state index in [1.165, 1.54) is 12.1 Å². The highest BCUT2D eigenvalue weighted by Crippen LogP contribution is 2.36. The zero-order valence-corrected chi connectivity index (χ0v) is 12.0. The van der Waals surface area contributed by atoms with E-state index in [9.17, 15) is 13.2 Å². The lowest BCUT2D eigenvalue weighted by Crippen LogP contribution is -2.22. The predicted octanol–water partition coefficient (Wildman–Crippen LogP) is 4.31. The number of benzene rings is 1. The molecule has 0 radical (unpaired) electrons. The lowest BCUT2D eigenvalue weighted by atomic mass is 9.81. The number of nitrogens with one attached hydrogen (secondary N) is 1. The Labute approximate surface area is 117 Å². The van der Waals surface area contributed by atoms with Gasteiger partial charge in [-0.15, -0.1) is 13.2 Å². The monoisotopic (exact) mass is 287 g/mol. The van der Waals surface area contributed by atoms with E-state index in [-0.39, 0.29) is 17.2 Å². The van der Waals surface area contributed by atoms with Crippen molar-refractivity contribution in [2.45, 2.75) is 51.4 Å². The third-order valence-electron chi connectivity index (χ3n) is 3.50. The van der Waals surface area contributed by atoms with Crippen molar-refractivity contribution in [2.24, 2.45) is 0 Å². The summed E-state index contributed by atoms with van der Waals surface area (Å²) in [6.07, 6.45) is -2.67. The van der Waals surface area contributed by atoms with Crippen LogP contribution in [-0.2, 0) is 5.41 Å². The van der Waals surface area contributed by atoms with Crippen LogP contribution in [0.2, 0.25) is 0 Å². The molecule has 1 N–H and O–H groups in total. The van der Waals surface area contributed by atoms with Crippen LogP contribution >= 0.6 is 0 Å². The minimum atomic E-state index is -4.65. The molecule has 1 aliphatic rings. The van der Waals surface area contributed by atoms with Crippen molar-refractivity contribution in [3.63, 3.8) is 0 Å². The molecule has 1 saturated heterocycles. The second kappa shape index (κ2) is 5.28. The van der Waals surface area contributed by atoms with Crippen molar-refractivity contribution in [1.82, 2.24) is 5.32 Å². The molecule has 5 heteroatoms. The van der Waals surface area contributed by atoms with Gasteiger partial charge in [0.1, 0.15) is 5.75 Å². The summed E-state index contributed by atoms with van der Waals surface area (Å²) in [7, 11) is 0. The molecule has 1 fully saturated rings. The highest BCUT2D eigenvalue weighted by atomic mass is 19.4. The van der Waals surface area contributed by atoms with Crippen LogP contribution in [-0.4, -0.2) is 12.9 Å². The fraction of sp³-hybridized carbons (Fsp3) is 0.600. The molecule has 0 aromatic heterocycles. The third kappa shape index (κ3) is 3.66. The fourth-order valence-corrected chi connectivity index (χ4v) is 2.66. The SMILES string of the molecule is CC(C)(C)c1ccc(OC(F)(F)F)cc1C1CCCN1. The number of hydrogen-bond donors (Lipinski definition) is 1. The maximum absolute atomic E-state index is 12.3. The molecule has 1 aliphatic heterocycles. The molecule has 1 heterocycles. The Morgan fingerprint density at radius 1 is 1.20 bits per heavy atom. The fourth-order valence-electron chi connectivity index (χ4n) is 2.66. The molecular formula is C15H20F3NO. The normalized spacial score (nSPS) is 20.2. The third-order valence-corrected chi connectivity index (χ3v) is 3.50. The second-order valence-electron chi connectivity index (χ2n) is 6.20. The summed E-state index contributed by atoms with van der Waals surface area (Å²) in [4.78, 5) is 0. The molecule has 1 aromatic rings. The molecule has 0 saturated carbocycles. The Morgan fingerprint density at radius 3 is 2.40 bits per heavy atom. The lowest BCUT2D eigenvalue weighted by Gasteiger charge is -2.26. The van der Waals surface area contributed by atoms with Crippen molar-refractivity contribution < 1.29 is 17.9 Å². The first kappa shape index (κ1) is 15.2. The maximum atomic E-state index is 12.3. The van der Waals surface area contributed by atoms with E-state index in [1.807, 2.05) is 0 Å². The Kier molecular flexibility index (Phi) is 4.00. The molecule has 2 rings (SSSR count). The van der Waals surface area contributed by atoms with E-state index in [2.05, 4.69) is 30.8 Å². The van der Waals surface area contributed by atoms with E-state index in [1.54, 1.807) is 6.07 Å². The topological polar surface area (TPSA) is 21.3 Å². The first-order valence-corrected chi connectivity index (χ1v) is 6.80. The lowest BCUT2D eigenvalue weighted by molar-refractivity contribution is -0.274. The van der Waals surface area contributed by atoms with Crippen LogP contribution in [0.1, 0.15) is 50.8 Å². The molecule has 1 unspecified atom stereocenters. The molecule has 0 aliphatic carbocycles. The number of hydrogen-bond acceptors (Lipinski definition) is 2. The summed E-state index contributed by atoms with van der Waals surface area (Å²) in [5.74, 6) is -0.144. The molecule has 2 nitrogen and oxygen atoms in total. The van der Waals surface area contributed by atoms with Gasteiger partial charge in [-0.2, -0.15) is 0 Å². The zero-order chi connectivity index (χ0) is 15.0. The summed E-state index contributed by atoms with van der Waals surface area (Å²) in [6, 6.07) is 4.78. The Morgan fingerprint density at radius 2 is 1.90 bits per heavy atom. The highest BCUT2D eigenvalue weighted by Gasteiger charge is 2.32. The smallest absolute Gasteiger partial charge is 0.406 e. The van der Waals surface area contributed by atoms with Crippen molar-refractivity contribution in [3.05, 3.63) is 29.3 Å². The van der Waals surface area contributed by atoms with Gasteiger partial charge in [-0.25, -0.2) is 0 Å². The molecule has 0 bridgehead atoms. The average Bonchev–Trinajstić information content (AvgIpc) is 2.78. The van der Waals surface area contributed by atoms with Gasteiger partial charge in [0.05, 0.1) is 0 Å². The summed E-state index contributed by atoms with van der Waals surface area (Å²) in [5, 5.41) is 3.34. The predicted molar refractivity (Wildman–Crippen MR) is 71.8 cm³/mol. The van der Waals surface area contributed by atoms with Crippen LogP contribution in [0.25, 0.3) is 0 Å². The quantitative estimate of drug-likeness (QED) is 0.875. The highest BCUT2D eigenvalue weighted by molar-refractivity contribution is 5.41. The Bertz CT molecular complexity index is 471. The van der Waals surface area contributed by atoms with Gasteiger partial charge in [0.25, 0.3) is 0 Å². The number of ether oxygens (including phenoxy) is 1. The van der Waals surface area contributed by atoms with Crippen molar-refractivity contribution in [2.75, 3.05) is 6.54 Å². The number of halogens is 3. The van der Waals surface area contributed by atoms with Gasteiger partial charge in [0.2, 0.25) is 0 Å². The van der Waals surface area contributed by atoms with Gasteiger partial charge in [-0.3, -0.25) is 0 Å². The standard InChI is InChI=1S/C15H20F3NO/c1-14(2,3)12-7-6-10(20-15(16,17)18)9-11(12)13-5-4-8-19-13/h6-7,9,13,19H,4-5,8H2,1-3H3. The van der Waals surface area contributed by atoms with Gasteiger partial charge >= 0.3 is 6.36 Å². The Hall–Kier alpha value is -1.23. The van der Waals surface area contributed by atoms with Gasteiger partial charge in [0.15, 0.2) is 0 Å². The van der Waals surface area contributed by atoms with Gasteiger partial charge < -0.3 is 10.1 Å². The zero-order valence-electron chi connectivity index (χ0n) is 12.0. The second-order valence-corrected chi connectivity index (χ2v) is 6.20. The number of alkyl halides is 3. The maximum Gasteiger partial charge on any atom is 0.573 e.